The maximum atomic E-state index is 3.60. The van der Waals surface area contributed by atoms with Crippen molar-refractivity contribution in [2.45, 2.75) is 58.7 Å². The third-order valence-electron chi connectivity index (χ3n) is 4.24. The number of likely N-dealkylation sites (N-methyl/N-ethyl adjacent to an activating group) is 1. The van der Waals surface area contributed by atoms with E-state index in [1.54, 1.807) is 0 Å². The molecule has 2 atom stereocenters. The van der Waals surface area contributed by atoms with Gasteiger partial charge in [0.1, 0.15) is 0 Å². The summed E-state index contributed by atoms with van der Waals surface area (Å²) in [6, 6.07) is 10.2. The Morgan fingerprint density at radius 3 is 2.95 bits per heavy atom. The molecule has 0 radical (unpaired) electrons. The van der Waals surface area contributed by atoms with Crippen LogP contribution in [0.15, 0.2) is 24.3 Å². The van der Waals surface area contributed by atoms with Gasteiger partial charge in [-0.2, -0.15) is 0 Å². The van der Waals surface area contributed by atoms with Gasteiger partial charge in [-0.05, 0) is 45.3 Å². The van der Waals surface area contributed by atoms with E-state index < -0.39 is 0 Å². The Morgan fingerprint density at radius 2 is 2.21 bits per heavy atom. The Hall–Kier alpha value is -0.860. The minimum absolute atomic E-state index is 0.593. The number of piperidine rings is 1. The van der Waals surface area contributed by atoms with Crippen LogP contribution in [0, 0.1) is 6.92 Å². The zero-order chi connectivity index (χ0) is 13.7. The molecular weight excluding hydrogens is 232 g/mol. The monoisotopic (exact) mass is 260 g/mol. The van der Waals surface area contributed by atoms with E-state index in [1.165, 1.54) is 36.9 Å². The third kappa shape index (κ3) is 4.05. The molecule has 0 bridgehead atoms. The highest BCUT2D eigenvalue weighted by atomic mass is 15.2. The van der Waals surface area contributed by atoms with Crippen LogP contribution in [-0.4, -0.2) is 30.1 Å². The number of hydrogen-bond donors (Lipinski definition) is 1. The van der Waals surface area contributed by atoms with Crippen LogP contribution in [0.3, 0.4) is 0 Å². The molecular formula is C17H28N2. The van der Waals surface area contributed by atoms with Crippen molar-refractivity contribution in [1.29, 1.82) is 0 Å². The van der Waals surface area contributed by atoms with Gasteiger partial charge in [-0.25, -0.2) is 0 Å². The van der Waals surface area contributed by atoms with Crippen molar-refractivity contribution in [3.8, 4) is 0 Å². The maximum Gasteiger partial charge on any atom is 0.0250 e. The van der Waals surface area contributed by atoms with Gasteiger partial charge < -0.3 is 5.32 Å². The molecule has 0 aromatic heterocycles. The lowest BCUT2D eigenvalue weighted by atomic mass is 9.95. The van der Waals surface area contributed by atoms with E-state index in [2.05, 4.69) is 55.3 Å². The first kappa shape index (κ1) is 14.5. The van der Waals surface area contributed by atoms with Crippen LogP contribution in [-0.2, 0) is 6.54 Å². The van der Waals surface area contributed by atoms with Gasteiger partial charge in [-0.3, -0.25) is 4.90 Å². The van der Waals surface area contributed by atoms with E-state index in [0.717, 1.165) is 13.1 Å². The molecule has 0 aliphatic carbocycles. The number of rotatable bonds is 5. The molecule has 1 aromatic rings. The number of nitrogens with zero attached hydrogens (tertiary/aromatic N) is 1. The van der Waals surface area contributed by atoms with Crippen molar-refractivity contribution < 1.29 is 0 Å². The highest BCUT2D eigenvalue weighted by Gasteiger charge is 2.26. The molecule has 2 heteroatoms. The number of likely N-dealkylation sites (tertiary alicyclic amines) is 1. The fourth-order valence-corrected chi connectivity index (χ4v) is 3.28. The van der Waals surface area contributed by atoms with Crippen molar-refractivity contribution in [3.05, 3.63) is 35.4 Å². The highest BCUT2D eigenvalue weighted by molar-refractivity contribution is 5.22. The summed E-state index contributed by atoms with van der Waals surface area (Å²) in [5.41, 5.74) is 2.82. The summed E-state index contributed by atoms with van der Waals surface area (Å²) in [5.74, 6) is 0. The lowest BCUT2D eigenvalue weighted by molar-refractivity contribution is 0.112. The summed E-state index contributed by atoms with van der Waals surface area (Å²) in [5, 5.41) is 3.60. The van der Waals surface area contributed by atoms with E-state index in [-0.39, 0.29) is 0 Å². The molecule has 1 heterocycles. The van der Waals surface area contributed by atoms with E-state index in [4.69, 9.17) is 0 Å². The van der Waals surface area contributed by atoms with Gasteiger partial charge in [0.25, 0.3) is 0 Å². The summed E-state index contributed by atoms with van der Waals surface area (Å²) in [6.07, 6.45) is 4.06. The van der Waals surface area contributed by atoms with Gasteiger partial charge in [0.15, 0.2) is 0 Å². The normalized spacial score (nSPS) is 22.4. The average molecular weight is 260 g/mol. The SMILES string of the molecule is CCNC(C)C1CCCCN1Cc1cccc(C)c1. The van der Waals surface area contributed by atoms with Crippen LogP contribution < -0.4 is 5.32 Å². The van der Waals surface area contributed by atoms with Gasteiger partial charge in [-0.15, -0.1) is 0 Å². The van der Waals surface area contributed by atoms with Crippen molar-refractivity contribution in [2.24, 2.45) is 0 Å². The van der Waals surface area contributed by atoms with E-state index >= 15 is 0 Å². The van der Waals surface area contributed by atoms with Crippen LogP contribution >= 0.6 is 0 Å². The first-order valence-corrected chi connectivity index (χ1v) is 7.73. The Balaban J connectivity index is 2.03. The number of aryl methyl sites for hydroxylation is 1. The predicted octanol–water partition coefficient (Wildman–Crippen LogP) is 3.35. The first-order chi connectivity index (χ1) is 9.20. The first-order valence-electron chi connectivity index (χ1n) is 7.73. The molecule has 19 heavy (non-hydrogen) atoms. The van der Waals surface area contributed by atoms with E-state index in [1.807, 2.05) is 0 Å². The second-order valence-electron chi connectivity index (χ2n) is 5.87. The lowest BCUT2D eigenvalue weighted by Gasteiger charge is -2.39. The second-order valence-corrected chi connectivity index (χ2v) is 5.87. The molecule has 2 rings (SSSR count). The van der Waals surface area contributed by atoms with Gasteiger partial charge in [0, 0.05) is 18.6 Å². The summed E-state index contributed by atoms with van der Waals surface area (Å²) >= 11 is 0. The molecule has 2 nitrogen and oxygen atoms in total. The zero-order valence-corrected chi connectivity index (χ0v) is 12.7. The molecule has 1 N–H and O–H groups in total. The van der Waals surface area contributed by atoms with Crippen LogP contribution in [0.2, 0.25) is 0 Å². The molecule has 106 valence electrons. The highest BCUT2D eigenvalue weighted by Crippen LogP contribution is 2.22. The van der Waals surface area contributed by atoms with E-state index in [0.29, 0.717) is 12.1 Å². The maximum absolute atomic E-state index is 3.60. The fourth-order valence-electron chi connectivity index (χ4n) is 3.28. The summed E-state index contributed by atoms with van der Waals surface area (Å²) in [7, 11) is 0. The molecule has 1 fully saturated rings. The Labute approximate surface area is 118 Å². The molecule has 0 spiro atoms. The van der Waals surface area contributed by atoms with Gasteiger partial charge in [0.2, 0.25) is 0 Å². The average Bonchev–Trinajstić information content (AvgIpc) is 2.39. The van der Waals surface area contributed by atoms with Crippen LogP contribution in [0.1, 0.15) is 44.2 Å². The van der Waals surface area contributed by atoms with Crippen molar-refractivity contribution in [1.82, 2.24) is 10.2 Å². The number of benzene rings is 1. The quantitative estimate of drug-likeness (QED) is 0.873. The minimum Gasteiger partial charge on any atom is -0.313 e. The molecule has 1 aliphatic heterocycles. The molecule has 2 unspecified atom stereocenters. The predicted molar refractivity (Wildman–Crippen MR) is 82.4 cm³/mol. The topological polar surface area (TPSA) is 15.3 Å². The summed E-state index contributed by atoms with van der Waals surface area (Å²) in [6.45, 7) is 10.1. The zero-order valence-electron chi connectivity index (χ0n) is 12.7. The standard InChI is InChI=1S/C17H28N2/c1-4-18-15(3)17-10-5-6-11-19(17)13-16-9-7-8-14(2)12-16/h7-9,12,15,17-18H,4-6,10-11,13H2,1-3H3. The van der Waals surface area contributed by atoms with Gasteiger partial charge in [0.05, 0.1) is 0 Å². The lowest BCUT2D eigenvalue weighted by Crippen LogP contribution is -2.50. The Bertz CT molecular complexity index is 389. The molecule has 1 saturated heterocycles. The van der Waals surface area contributed by atoms with Crippen LogP contribution in [0.25, 0.3) is 0 Å². The number of nitrogens with one attached hydrogen (secondary N) is 1. The van der Waals surface area contributed by atoms with Crippen molar-refractivity contribution in [2.75, 3.05) is 13.1 Å². The van der Waals surface area contributed by atoms with Gasteiger partial charge >= 0.3 is 0 Å². The minimum atomic E-state index is 0.593. The molecule has 1 aliphatic rings. The number of hydrogen-bond acceptors (Lipinski definition) is 2. The Morgan fingerprint density at radius 1 is 1.37 bits per heavy atom. The van der Waals surface area contributed by atoms with Crippen molar-refractivity contribution >= 4 is 0 Å². The molecule has 0 amide bonds. The smallest absolute Gasteiger partial charge is 0.0250 e. The molecule has 0 saturated carbocycles. The largest absolute Gasteiger partial charge is 0.313 e. The summed E-state index contributed by atoms with van der Waals surface area (Å²) < 4.78 is 0. The second kappa shape index (κ2) is 7.06. The Kier molecular flexibility index (Phi) is 5.41. The van der Waals surface area contributed by atoms with Crippen molar-refractivity contribution in [3.63, 3.8) is 0 Å². The summed E-state index contributed by atoms with van der Waals surface area (Å²) in [4.78, 5) is 2.67. The molecule has 1 aromatic carbocycles. The van der Waals surface area contributed by atoms with Gasteiger partial charge in [-0.1, -0.05) is 43.2 Å². The fraction of sp³-hybridized carbons (Fsp3) is 0.647. The van der Waals surface area contributed by atoms with E-state index in [9.17, 15) is 0 Å². The van der Waals surface area contributed by atoms with Crippen LogP contribution in [0.5, 0.6) is 0 Å². The third-order valence-corrected chi connectivity index (χ3v) is 4.24. The van der Waals surface area contributed by atoms with Crippen LogP contribution in [0.4, 0.5) is 0 Å².